The minimum atomic E-state index is -5.08. The van der Waals surface area contributed by atoms with Crippen LogP contribution in [0.15, 0.2) is 12.2 Å². The third-order valence-corrected chi connectivity index (χ3v) is 7.00. The van der Waals surface area contributed by atoms with Crippen LogP contribution in [-0.4, -0.2) is 217 Å². The molecule has 0 radical (unpaired) electrons. The van der Waals surface area contributed by atoms with E-state index in [-0.39, 0.29) is 31.2 Å². The van der Waals surface area contributed by atoms with Gasteiger partial charge in [0.25, 0.3) is 11.8 Å². The topological polar surface area (TPSA) is 270 Å². The van der Waals surface area contributed by atoms with Crippen molar-refractivity contribution in [3.63, 3.8) is 0 Å². The standard InChI is InChI=1S/C34H62N4O16.C2HF3O2/c35-37-32(40)4-7-43-9-11-45-13-15-47-17-19-49-21-23-51-25-27-53-29-30-54-28-26-52-24-22-50-20-18-48-16-14-46-12-10-44-8-5-36-31(39)3-6-38-33(41)1-2-34(38)42;3-2(4,5)1(6)7/h1-2H,3-30,35H2,(H,36,39)(H,37,40);(H,6,7). The molecular formula is C36H63F3N4O18. The van der Waals surface area contributed by atoms with Crippen molar-refractivity contribution in [2.24, 2.45) is 5.84 Å². The summed E-state index contributed by atoms with van der Waals surface area (Å²) in [4.78, 5) is 55.5. The second kappa shape index (κ2) is 41.9. The Hall–Kier alpha value is -3.44. The number of amides is 4. The number of aliphatic carboxylic acids is 1. The monoisotopic (exact) mass is 896 g/mol. The van der Waals surface area contributed by atoms with Crippen LogP contribution in [0.1, 0.15) is 12.8 Å². The van der Waals surface area contributed by atoms with Gasteiger partial charge >= 0.3 is 12.1 Å². The molecule has 25 heteroatoms. The number of hydrazine groups is 1. The lowest BCUT2D eigenvalue weighted by Gasteiger charge is -2.13. The number of alkyl halides is 3. The van der Waals surface area contributed by atoms with E-state index in [0.717, 1.165) is 4.90 Å². The number of hydrogen-bond donors (Lipinski definition) is 4. The lowest BCUT2D eigenvalue weighted by molar-refractivity contribution is -0.192. The van der Waals surface area contributed by atoms with Crippen LogP contribution < -0.4 is 16.6 Å². The Bertz CT molecular complexity index is 1140. The zero-order chi connectivity index (χ0) is 45.1. The third kappa shape index (κ3) is 40.4. The quantitative estimate of drug-likeness (QED) is 0.0181. The number of imide groups is 1. The molecule has 0 bridgehead atoms. The van der Waals surface area contributed by atoms with Crippen LogP contribution in [-0.2, 0) is 80.8 Å². The van der Waals surface area contributed by atoms with E-state index in [2.05, 4.69) is 5.32 Å². The summed E-state index contributed by atoms with van der Waals surface area (Å²) in [6, 6.07) is 0. The molecule has 1 heterocycles. The average molecular weight is 897 g/mol. The molecule has 22 nitrogen and oxygen atoms in total. The van der Waals surface area contributed by atoms with E-state index < -0.39 is 24.0 Å². The molecule has 1 rings (SSSR count). The van der Waals surface area contributed by atoms with Crippen LogP contribution in [0.5, 0.6) is 0 Å². The van der Waals surface area contributed by atoms with Crippen molar-refractivity contribution >= 4 is 29.6 Å². The summed E-state index contributed by atoms with van der Waals surface area (Å²) in [6.45, 7) is 11.0. The molecule has 0 aromatic heterocycles. The number of nitrogens with two attached hydrogens (primary N) is 1. The predicted octanol–water partition coefficient (Wildman–Crippen LogP) is -1.37. The Kier molecular flexibility index (Phi) is 39.5. The van der Waals surface area contributed by atoms with E-state index in [1.807, 2.05) is 5.43 Å². The van der Waals surface area contributed by atoms with Gasteiger partial charge in [0.1, 0.15) is 0 Å². The van der Waals surface area contributed by atoms with Crippen molar-refractivity contribution in [2.45, 2.75) is 19.0 Å². The number of carbonyl (C=O) groups excluding carboxylic acids is 4. The Balaban J connectivity index is 0.00000470. The van der Waals surface area contributed by atoms with E-state index in [4.69, 9.17) is 72.6 Å². The number of carbonyl (C=O) groups is 5. The molecule has 4 amide bonds. The molecule has 0 aliphatic carbocycles. The van der Waals surface area contributed by atoms with Gasteiger partial charge in [0.2, 0.25) is 11.8 Å². The molecule has 356 valence electrons. The lowest BCUT2D eigenvalue weighted by atomic mass is 10.3. The van der Waals surface area contributed by atoms with Crippen molar-refractivity contribution in [3.05, 3.63) is 12.2 Å². The number of carboxylic acids is 1. The highest BCUT2D eigenvalue weighted by atomic mass is 19.4. The normalized spacial score (nSPS) is 12.5. The van der Waals surface area contributed by atoms with Gasteiger partial charge in [-0.1, -0.05) is 0 Å². The molecule has 0 aromatic rings. The summed E-state index contributed by atoms with van der Waals surface area (Å²) < 4.78 is 96.8. The smallest absolute Gasteiger partial charge is 0.475 e. The van der Waals surface area contributed by atoms with Crippen LogP contribution in [0, 0.1) is 0 Å². The number of rotatable bonds is 42. The Morgan fingerprint density at radius 1 is 0.492 bits per heavy atom. The lowest BCUT2D eigenvalue weighted by Crippen LogP contribution is -2.35. The largest absolute Gasteiger partial charge is 0.490 e. The number of halogens is 3. The van der Waals surface area contributed by atoms with Gasteiger partial charge in [-0.15, -0.1) is 0 Å². The SMILES string of the molecule is NNC(=O)CCOCCOCCOCCOCCOCCOCCOCCOCCOCCOCCOCCOCCNC(=O)CCN1C(=O)C=CC1=O.O=C(O)C(F)(F)F. The fourth-order valence-electron chi connectivity index (χ4n) is 3.97. The van der Waals surface area contributed by atoms with E-state index in [1.165, 1.54) is 12.2 Å². The minimum Gasteiger partial charge on any atom is -0.475 e. The van der Waals surface area contributed by atoms with E-state index >= 15 is 0 Å². The second-order valence-corrected chi connectivity index (χ2v) is 11.7. The number of nitrogens with one attached hydrogen (secondary N) is 2. The van der Waals surface area contributed by atoms with Crippen molar-refractivity contribution in [2.75, 3.05) is 172 Å². The maximum atomic E-state index is 11.8. The number of carboxylic acid groups (broad SMARTS) is 1. The molecule has 0 unspecified atom stereocenters. The van der Waals surface area contributed by atoms with Gasteiger partial charge in [0.15, 0.2) is 0 Å². The fraction of sp³-hybridized carbons (Fsp3) is 0.806. The average Bonchev–Trinajstić information content (AvgIpc) is 3.56. The van der Waals surface area contributed by atoms with Gasteiger partial charge in [-0.05, 0) is 0 Å². The summed E-state index contributed by atoms with van der Waals surface area (Å²) in [5.74, 6) is 0.893. The van der Waals surface area contributed by atoms with Gasteiger partial charge in [0, 0.05) is 31.7 Å². The summed E-state index contributed by atoms with van der Waals surface area (Å²) >= 11 is 0. The fourth-order valence-corrected chi connectivity index (χ4v) is 3.97. The first-order valence-corrected chi connectivity index (χ1v) is 19.5. The zero-order valence-corrected chi connectivity index (χ0v) is 34.5. The van der Waals surface area contributed by atoms with Crippen LogP contribution in [0.4, 0.5) is 13.2 Å². The molecule has 0 saturated heterocycles. The van der Waals surface area contributed by atoms with Crippen molar-refractivity contribution in [1.29, 1.82) is 0 Å². The van der Waals surface area contributed by atoms with Crippen LogP contribution >= 0.6 is 0 Å². The first-order valence-electron chi connectivity index (χ1n) is 19.5. The van der Waals surface area contributed by atoms with Gasteiger partial charge in [-0.3, -0.25) is 29.5 Å². The number of ether oxygens (including phenoxy) is 12. The van der Waals surface area contributed by atoms with Crippen molar-refractivity contribution in [1.82, 2.24) is 15.6 Å². The molecule has 0 fully saturated rings. The van der Waals surface area contributed by atoms with E-state index in [0.29, 0.717) is 165 Å². The summed E-state index contributed by atoms with van der Waals surface area (Å²) in [5.41, 5.74) is 2.04. The van der Waals surface area contributed by atoms with Gasteiger partial charge in [-0.25, -0.2) is 10.6 Å². The number of hydrogen-bond acceptors (Lipinski definition) is 18. The van der Waals surface area contributed by atoms with E-state index in [9.17, 15) is 32.3 Å². The number of nitrogens with zero attached hydrogens (tertiary/aromatic N) is 1. The first-order chi connectivity index (χ1) is 29.5. The highest BCUT2D eigenvalue weighted by molar-refractivity contribution is 6.13. The second-order valence-electron chi connectivity index (χ2n) is 11.7. The van der Waals surface area contributed by atoms with E-state index in [1.54, 1.807) is 0 Å². The predicted molar refractivity (Wildman–Crippen MR) is 204 cm³/mol. The molecule has 1 aliphatic heterocycles. The zero-order valence-electron chi connectivity index (χ0n) is 34.5. The van der Waals surface area contributed by atoms with Gasteiger partial charge in [0.05, 0.1) is 165 Å². The molecular weight excluding hydrogens is 833 g/mol. The van der Waals surface area contributed by atoms with Crippen LogP contribution in [0.3, 0.4) is 0 Å². The Morgan fingerprint density at radius 3 is 1.02 bits per heavy atom. The summed E-state index contributed by atoms with van der Waals surface area (Å²) in [7, 11) is 0. The molecule has 1 aliphatic rings. The molecule has 0 aromatic carbocycles. The van der Waals surface area contributed by atoms with Crippen LogP contribution in [0.2, 0.25) is 0 Å². The Morgan fingerprint density at radius 2 is 0.754 bits per heavy atom. The first kappa shape index (κ1) is 57.6. The highest BCUT2D eigenvalue weighted by Gasteiger charge is 2.38. The molecule has 5 N–H and O–H groups in total. The summed E-state index contributed by atoms with van der Waals surface area (Å²) in [5, 5.41) is 9.80. The van der Waals surface area contributed by atoms with Crippen molar-refractivity contribution < 1.29 is 99.1 Å². The molecule has 0 atom stereocenters. The van der Waals surface area contributed by atoms with Crippen molar-refractivity contribution in [3.8, 4) is 0 Å². The maximum absolute atomic E-state index is 11.8. The van der Waals surface area contributed by atoms with Gasteiger partial charge < -0.3 is 67.3 Å². The maximum Gasteiger partial charge on any atom is 0.490 e. The Labute approximate surface area is 352 Å². The summed E-state index contributed by atoms with van der Waals surface area (Å²) in [6.07, 6.45) is -2.43. The molecule has 61 heavy (non-hydrogen) atoms. The highest BCUT2D eigenvalue weighted by Crippen LogP contribution is 2.13. The molecule has 0 saturated carbocycles. The molecule has 0 spiro atoms. The third-order valence-electron chi connectivity index (χ3n) is 7.00. The van der Waals surface area contributed by atoms with Gasteiger partial charge in [-0.2, -0.15) is 13.2 Å². The minimum absolute atomic E-state index is 0.0480. The van der Waals surface area contributed by atoms with Crippen LogP contribution in [0.25, 0.3) is 0 Å².